The van der Waals surface area contributed by atoms with Crippen LogP contribution in [0.1, 0.15) is 43.2 Å². The van der Waals surface area contributed by atoms with E-state index in [0.717, 1.165) is 36.1 Å². The first-order valence-corrected chi connectivity index (χ1v) is 18.0. The Bertz CT molecular complexity index is 1420. The number of hydrogen-bond donors (Lipinski definition) is 10. The van der Waals surface area contributed by atoms with E-state index in [1.54, 1.807) is 20.2 Å². The lowest BCUT2D eigenvalue weighted by atomic mass is 9.95. The number of hydrogen-bond acceptors (Lipinski definition) is 10. The van der Waals surface area contributed by atoms with E-state index in [4.69, 9.17) is 0 Å². The average molecular weight is 710 g/mol. The lowest BCUT2D eigenvalue weighted by molar-refractivity contribution is -0.131. The van der Waals surface area contributed by atoms with E-state index in [9.17, 15) is 24.3 Å². The number of carbonyl (C=O) groups excluding carboxylic acids is 4. The van der Waals surface area contributed by atoms with Gasteiger partial charge in [0.05, 0.1) is 6.04 Å². The van der Waals surface area contributed by atoms with Gasteiger partial charge in [0.25, 0.3) is 0 Å². The molecular weight excluding hydrogens is 650 g/mol. The van der Waals surface area contributed by atoms with E-state index >= 15 is 0 Å². The van der Waals surface area contributed by atoms with Crippen molar-refractivity contribution < 1.29 is 24.3 Å². The number of carbonyl (C=O) groups is 4. The quantitative estimate of drug-likeness (QED) is 0.0903. The fourth-order valence-corrected chi connectivity index (χ4v) is 6.25. The van der Waals surface area contributed by atoms with Gasteiger partial charge in [-0.2, -0.15) is 0 Å². The van der Waals surface area contributed by atoms with Crippen molar-refractivity contribution in [2.75, 3.05) is 61.4 Å². The zero-order valence-corrected chi connectivity index (χ0v) is 30.8. The molecule has 0 saturated carbocycles. The second-order valence-electron chi connectivity index (χ2n) is 13.2. The van der Waals surface area contributed by atoms with Crippen molar-refractivity contribution in [2.45, 2.75) is 75.2 Å². The van der Waals surface area contributed by atoms with Crippen LogP contribution in [0.25, 0.3) is 11.1 Å². The molecule has 5 atom stereocenters. The normalized spacial score (nSPS) is 19.1. The number of aromatic hydroxyl groups is 1. The Morgan fingerprint density at radius 3 is 2.31 bits per heavy atom. The molecule has 1 aliphatic rings. The molecule has 0 radical (unpaired) electrons. The molecule has 0 aliphatic carbocycles. The molecule has 2 aromatic rings. The molecule has 51 heavy (non-hydrogen) atoms. The number of benzene rings is 2. The number of likely N-dealkylation sites (N-methyl/N-ethyl adjacent to an activating group) is 3. The SMILES string of the molecule is CNCCC[C@@H](CNC(=O)[C@H](CNC)NC(=O)C[C@@H]1Cc2cccc(c2)-c2ccc(O)c(c2)C[C@H](NC)C(=O)N[C@@H](CCCNC)C(=O)N1)NC. The summed E-state index contributed by atoms with van der Waals surface area (Å²) in [5.41, 5.74) is 3.25. The maximum atomic E-state index is 13.9. The van der Waals surface area contributed by atoms with Crippen LogP contribution in [0.4, 0.5) is 0 Å². The van der Waals surface area contributed by atoms with E-state index in [0.29, 0.717) is 37.9 Å². The molecule has 282 valence electrons. The van der Waals surface area contributed by atoms with Crippen molar-refractivity contribution in [3.05, 3.63) is 53.6 Å². The molecule has 0 fully saturated rings. The molecule has 0 aromatic heterocycles. The molecule has 10 N–H and O–H groups in total. The summed E-state index contributed by atoms with van der Waals surface area (Å²) in [7, 11) is 8.96. The van der Waals surface area contributed by atoms with Crippen molar-refractivity contribution in [3.8, 4) is 16.9 Å². The minimum Gasteiger partial charge on any atom is -0.508 e. The number of nitrogens with one attached hydrogen (secondary N) is 9. The third-order valence-corrected chi connectivity index (χ3v) is 9.21. The van der Waals surface area contributed by atoms with Crippen molar-refractivity contribution in [1.29, 1.82) is 0 Å². The van der Waals surface area contributed by atoms with Gasteiger partial charge >= 0.3 is 0 Å². The molecule has 1 heterocycles. The van der Waals surface area contributed by atoms with E-state index < -0.39 is 36.0 Å². The number of phenols is 1. The van der Waals surface area contributed by atoms with Crippen molar-refractivity contribution in [2.24, 2.45) is 0 Å². The van der Waals surface area contributed by atoms with Crippen LogP contribution in [-0.4, -0.2) is 120 Å². The predicted octanol–water partition coefficient (Wildman–Crippen LogP) is -0.487. The highest BCUT2D eigenvalue weighted by Gasteiger charge is 2.29. The molecule has 4 amide bonds. The Balaban J connectivity index is 1.88. The van der Waals surface area contributed by atoms with Crippen LogP contribution in [0.2, 0.25) is 0 Å². The van der Waals surface area contributed by atoms with E-state index in [1.165, 1.54) is 0 Å². The highest BCUT2D eigenvalue weighted by atomic mass is 16.3. The molecule has 0 unspecified atom stereocenters. The van der Waals surface area contributed by atoms with Gasteiger partial charge in [-0.15, -0.1) is 0 Å². The summed E-state index contributed by atoms with van der Waals surface area (Å²) in [6.45, 7) is 2.17. The van der Waals surface area contributed by atoms with Crippen molar-refractivity contribution in [3.63, 3.8) is 0 Å². The summed E-state index contributed by atoms with van der Waals surface area (Å²) >= 11 is 0. The number of rotatable bonds is 18. The van der Waals surface area contributed by atoms with Gasteiger partial charge in [0.15, 0.2) is 0 Å². The second-order valence-corrected chi connectivity index (χ2v) is 13.2. The average Bonchev–Trinajstić information content (AvgIpc) is 3.11. The largest absolute Gasteiger partial charge is 0.508 e. The fourth-order valence-electron chi connectivity index (χ4n) is 6.25. The lowest BCUT2D eigenvalue weighted by Crippen LogP contribution is -2.56. The van der Waals surface area contributed by atoms with Gasteiger partial charge in [0.1, 0.15) is 17.8 Å². The Morgan fingerprint density at radius 1 is 0.863 bits per heavy atom. The third-order valence-electron chi connectivity index (χ3n) is 9.21. The molecule has 14 nitrogen and oxygen atoms in total. The first-order valence-electron chi connectivity index (χ1n) is 18.0. The highest BCUT2D eigenvalue weighted by Crippen LogP contribution is 2.28. The van der Waals surface area contributed by atoms with Crippen LogP contribution in [0.15, 0.2) is 42.5 Å². The van der Waals surface area contributed by atoms with Crippen LogP contribution in [0, 0.1) is 0 Å². The first-order chi connectivity index (χ1) is 24.6. The minimum absolute atomic E-state index is 0.0818. The molecular formula is C37H59N9O5. The van der Waals surface area contributed by atoms with E-state index in [1.807, 2.05) is 57.5 Å². The molecule has 0 spiro atoms. The Labute approximate surface area is 302 Å². The highest BCUT2D eigenvalue weighted by molar-refractivity contribution is 5.91. The Morgan fingerprint density at radius 2 is 1.61 bits per heavy atom. The van der Waals surface area contributed by atoms with Crippen molar-refractivity contribution >= 4 is 23.6 Å². The van der Waals surface area contributed by atoms with Gasteiger partial charge in [-0.05, 0) is 115 Å². The lowest BCUT2D eigenvalue weighted by Gasteiger charge is -2.26. The molecule has 4 bridgehead atoms. The zero-order valence-electron chi connectivity index (χ0n) is 30.8. The van der Waals surface area contributed by atoms with Gasteiger partial charge in [-0.25, -0.2) is 0 Å². The van der Waals surface area contributed by atoms with Gasteiger partial charge in [-0.3, -0.25) is 19.2 Å². The van der Waals surface area contributed by atoms with Gasteiger partial charge in [-0.1, -0.05) is 30.3 Å². The summed E-state index contributed by atoms with van der Waals surface area (Å²) in [6, 6.07) is 10.2. The van der Waals surface area contributed by atoms with Crippen molar-refractivity contribution in [1.82, 2.24) is 47.9 Å². The summed E-state index contributed by atoms with van der Waals surface area (Å²) in [6.07, 6.45) is 3.28. The van der Waals surface area contributed by atoms with Crippen LogP contribution in [0.5, 0.6) is 5.75 Å². The Kier molecular flexibility index (Phi) is 17.8. The topological polar surface area (TPSA) is 197 Å². The number of amides is 4. The van der Waals surface area contributed by atoms with Gasteiger partial charge in [0, 0.05) is 38.0 Å². The van der Waals surface area contributed by atoms with E-state index in [2.05, 4.69) is 47.9 Å². The Hall–Kier alpha value is -4.08. The third kappa shape index (κ3) is 13.5. The maximum absolute atomic E-state index is 13.9. The summed E-state index contributed by atoms with van der Waals surface area (Å²) in [5, 5.41) is 37.9. The predicted molar refractivity (Wildman–Crippen MR) is 200 cm³/mol. The maximum Gasteiger partial charge on any atom is 0.243 e. The smallest absolute Gasteiger partial charge is 0.243 e. The molecule has 1 aliphatic heterocycles. The monoisotopic (exact) mass is 709 g/mol. The van der Waals surface area contributed by atoms with E-state index in [-0.39, 0.29) is 43.0 Å². The number of phenolic OH excluding ortho intramolecular Hbond substituents is 1. The first kappa shape index (κ1) is 41.3. The molecule has 14 heteroatoms. The number of fused-ring (bicyclic) bond motifs is 5. The van der Waals surface area contributed by atoms with Crippen LogP contribution >= 0.6 is 0 Å². The minimum atomic E-state index is -0.861. The van der Waals surface area contributed by atoms with Gasteiger partial charge in [0.2, 0.25) is 23.6 Å². The standard InChI is InChI=1S/C37H59N9O5/c1-38-15-7-11-28(41-4)22-43-35(49)32(23-40-3)45-34(48)21-29-18-24-9-6-10-25(17-24)26-13-14-33(47)27(19-26)20-31(42-5)37(51)46-30(36(50)44-29)12-8-16-39-2/h6,9-10,13-14,17,19,28-32,38-42,47H,7-8,11-12,15-16,18,20-23H2,1-5H3,(H,43,49)(H,44,50)(H,45,48)(H,46,51)/t28-,29-,30-,31-,32-/m0/s1. The van der Waals surface area contributed by atoms with Crippen LogP contribution < -0.4 is 47.9 Å². The summed E-state index contributed by atoms with van der Waals surface area (Å²) in [5.74, 6) is -1.39. The van der Waals surface area contributed by atoms with Crippen LogP contribution in [0.3, 0.4) is 0 Å². The van der Waals surface area contributed by atoms with Crippen LogP contribution in [-0.2, 0) is 32.0 Å². The summed E-state index contributed by atoms with van der Waals surface area (Å²) in [4.78, 5) is 54.3. The second kappa shape index (κ2) is 22.0. The van der Waals surface area contributed by atoms with Gasteiger partial charge < -0.3 is 53.0 Å². The fraction of sp³-hybridized carbons (Fsp3) is 0.568. The molecule has 0 saturated heterocycles. The zero-order chi connectivity index (χ0) is 37.2. The summed E-state index contributed by atoms with van der Waals surface area (Å²) < 4.78 is 0. The molecule has 3 rings (SSSR count). The molecule has 2 aromatic carbocycles.